The van der Waals surface area contributed by atoms with Crippen LogP contribution in [-0.4, -0.2) is 57.6 Å². The molecule has 0 saturated heterocycles. The third-order valence-corrected chi connectivity index (χ3v) is 4.24. The van der Waals surface area contributed by atoms with Crippen molar-refractivity contribution >= 4 is 27.5 Å². The minimum atomic E-state index is 0.289. The van der Waals surface area contributed by atoms with Crippen molar-refractivity contribution in [3.05, 3.63) is 33.3 Å². The summed E-state index contributed by atoms with van der Waals surface area (Å²) < 4.78 is 1.02. The molecule has 1 rings (SSSR count). The Balaban J connectivity index is 2.54. The first-order valence-corrected chi connectivity index (χ1v) is 8.06. The molecule has 1 aromatic carbocycles. The van der Waals surface area contributed by atoms with E-state index in [2.05, 4.69) is 58.3 Å². The van der Waals surface area contributed by atoms with Crippen LogP contribution in [0, 0.1) is 0 Å². The maximum Gasteiger partial charge on any atom is 0.0465 e. The molecule has 1 atom stereocenters. The third-order valence-electron chi connectivity index (χ3n) is 3.41. The molecule has 20 heavy (non-hydrogen) atoms. The van der Waals surface area contributed by atoms with Gasteiger partial charge >= 0.3 is 0 Å². The molecule has 0 bridgehead atoms. The smallest absolute Gasteiger partial charge is 0.0465 e. The average molecular weight is 363 g/mol. The van der Waals surface area contributed by atoms with Crippen molar-refractivity contribution in [3.8, 4) is 0 Å². The number of likely N-dealkylation sites (N-methyl/N-ethyl adjacent to an activating group) is 2. The zero-order valence-corrected chi connectivity index (χ0v) is 15.1. The highest BCUT2D eigenvalue weighted by Gasteiger charge is 2.14. The molecule has 0 aromatic heterocycles. The van der Waals surface area contributed by atoms with E-state index in [0.29, 0.717) is 0 Å². The molecule has 5 heteroatoms. The van der Waals surface area contributed by atoms with E-state index in [-0.39, 0.29) is 6.04 Å². The fraction of sp³-hybridized carbons (Fsp3) is 0.600. The Kier molecular flexibility index (Phi) is 8.07. The Bertz CT molecular complexity index is 412. The molecule has 114 valence electrons. The highest BCUT2D eigenvalue weighted by Crippen LogP contribution is 2.28. The van der Waals surface area contributed by atoms with Gasteiger partial charge in [-0.1, -0.05) is 33.6 Å². The lowest BCUT2D eigenvalue weighted by Gasteiger charge is -2.23. The van der Waals surface area contributed by atoms with E-state index in [9.17, 15) is 0 Å². The average Bonchev–Trinajstić information content (AvgIpc) is 2.38. The summed E-state index contributed by atoms with van der Waals surface area (Å²) in [5.74, 6) is 0. The molecular weight excluding hydrogens is 338 g/mol. The summed E-state index contributed by atoms with van der Waals surface area (Å²) in [6, 6.07) is 6.38. The quantitative estimate of drug-likeness (QED) is 0.766. The lowest BCUT2D eigenvalue weighted by molar-refractivity contribution is 0.270. The van der Waals surface area contributed by atoms with E-state index in [1.165, 1.54) is 5.56 Å². The van der Waals surface area contributed by atoms with Gasteiger partial charge in [0, 0.05) is 28.6 Å². The Morgan fingerprint density at radius 1 is 1.20 bits per heavy atom. The predicted molar refractivity (Wildman–Crippen MR) is 91.6 cm³/mol. The lowest BCUT2D eigenvalue weighted by atomic mass is 10.0. The van der Waals surface area contributed by atoms with Gasteiger partial charge in [-0.2, -0.15) is 0 Å². The van der Waals surface area contributed by atoms with Gasteiger partial charge in [0.1, 0.15) is 0 Å². The van der Waals surface area contributed by atoms with Crippen LogP contribution in [0.4, 0.5) is 0 Å². The maximum atomic E-state index is 6.33. The number of nitrogens with one attached hydrogen (secondary N) is 1. The molecule has 0 aliphatic carbocycles. The molecule has 0 fully saturated rings. The van der Waals surface area contributed by atoms with Gasteiger partial charge in [0.25, 0.3) is 0 Å². The number of hydrogen-bond donors (Lipinski definition) is 1. The standard InChI is InChI=1S/C15H25BrClN3/c1-18-15(7-8-20(4)10-9-19(2)3)13-6-5-12(16)11-14(13)17/h5-6,11,15,18H,7-10H2,1-4H3. The topological polar surface area (TPSA) is 18.5 Å². The van der Waals surface area contributed by atoms with Crippen molar-refractivity contribution in [2.45, 2.75) is 12.5 Å². The first-order chi connectivity index (χ1) is 9.43. The summed E-state index contributed by atoms with van der Waals surface area (Å²) >= 11 is 9.78. The Labute approximate surface area is 136 Å². The zero-order chi connectivity index (χ0) is 15.1. The van der Waals surface area contributed by atoms with Crippen LogP contribution in [-0.2, 0) is 0 Å². The largest absolute Gasteiger partial charge is 0.313 e. The summed E-state index contributed by atoms with van der Waals surface area (Å²) in [5.41, 5.74) is 1.17. The first-order valence-electron chi connectivity index (χ1n) is 6.89. The summed E-state index contributed by atoms with van der Waals surface area (Å²) in [5, 5.41) is 4.18. The van der Waals surface area contributed by atoms with Crippen LogP contribution in [0.2, 0.25) is 5.02 Å². The van der Waals surface area contributed by atoms with Crippen LogP contribution in [0.15, 0.2) is 22.7 Å². The predicted octanol–water partition coefficient (Wildman–Crippen LogP) is 3.25. The number of benzene rings is 1. The molecule has 0 amide bonds. The summed E-state index contributed by atoms with van der Waals surface area (Å²) in [6.45, 7) is 3.21. The van der Waals surface area contributed by atoms with Crippen molar-refractivity contribution in [1.29, 1.82) is 0 Å². The summed E-state index contributed by atoms with van der Waals surface area (Å²) in [4.78, 5) is 4.56. The molecular formula is C15H25BrClN3. The van der Waals surface area contributed by atoms with Crippen LogP contribution in [0.1, 0.15) is 18.0 Å². The normalized spacial score (nSPS) is 13.2. The van der Waals surface area contributed by atoms with E-state index >= 15 is 0 Å². The van der Waals surface area contributed by atoms with Crippen LogP contribution in [0.25, 0.3) is 0 Å². The molecule has 0 aliphatic rings. The maximum absolute atomic E-state index is 6.33. The van der Waals surface area contributed by atoms with Crippen molar-refractivity contribution in [1.82, 2.24) is 15.1 Å². The van der Waals surface area contributed by atoms with E-state index < -0.39 is 0 Å². The first kappa shape index (κ1) is 17.9. The second kappa shape index (κ2) is 9.00. The third kappa shape index (κ3) is 6.10. The molecule has 0 radical (unpaired) electrons. The van der Waals surface area contributed by atoms with Crippen molar-refractivity contribution < 1.29 is 0 Å². The Morgan fingerprint density at radius 2 is 1.90 bits per heavy atom. The molecule has 0 heterocycles. The summed E-state index contributed by atoms with van der Waals surface area (Å²) in [6.07, 6.45) is 1.04. The van der Waals surface area contributed by atoms with E-state index in [0.717, 1.165) is 35.6 Å². The Hall–Kier alpha value is -0.130. The van der Waals surface area contributed by atoms with Gasteiger partial charge < -0.3 is 15.1 Å². The molecule has 1 aromatic rings. The lowest BCUT2D eigenvalue weighted by Crippen LogP contribution is -2.31. The summed E-state index contributed by atoms with van der Waals surface area (Å²) in [7, 11) is 8.36. The number of rotatable bonds is 8. The molecule has 0 aliphatic heterocycles. The van der Waals surface area contributed by atoms with Gasteiger partial charge in [-0.15, -0.1) is 0 Å². The fourth-order valence-corrected chi connectivity index (χ4v) is 2.88. The SMILES string of the molecule is CNC(CCN(C)CCN(C)C)c1ccc(Br)cc1Cl. The van der Waals surface area contributed by atoms with Crippen LogP contribution >= 0.6 is 27.5 Å². The molecule has 1 unspecified atom stereocenters. The van der Waals surface area contributed by atoms with Gasteiger partial charge in [0.15, 0.2) is 0 Å². The molecule has 0 spiro atoms. The minimum Gasteiger partial charge on any atom is -0.313 e. The van der Waals surface area contributed by atoms with E-state index in [1.807, 2.05) is 19.2 Å². The van der Waals surface area contributed by atoms with Crippen molar-refractivity contribution in [3.63, 3.8) is 0 Å². The van der Waals surface area contributed by atoms with Crippen LogP contribution < -0.4 is 5.32 Å². The van der Waals surface area contributed by atoms with Crippen LogP contribution in [0.3, 0.4) is 0 Å². The monoisotopic (exact) mass is 361 g/mol. The molecule has 0 saturated carbocycles. The van der Waals surface area contributed by atoms with Gasteiger partial charge in [-0.25, -0.2) is 0 Å². The Morgan fingerprint density at radius 3 is 2.45 bits per heavy atom. The molecule has 3 nitrogen and oxygen atoms in total. The number of nitrogens with zero attached hydrogens (tertiary/aromatic N) is 2. The second-order valence-electron chi connectivity index (χ2n) is 5.40. The van der Waals surface area contributed by atoms with Crippen molar-refractivity contribution in [2.75, 3.05) is 47.8 Å². The fourth-order valence-electron chi connectivity index (χ4n) is 2.07. The van der Waals surface area contributed by atoms with Gasteiger partial charge in [0.2, 0.25) is 0 Å². The van der Waals surface area contributed by atoms with Gasteiger partial charge in [0.05, 0.1) is 0 Å². The van der Waals surface area contributed by atoms with Crippen LogP contribution in [0.5, 0.6) is 0 Å². The van der Waals surface area contributed by atoms with E-state index in [1.54, 1.807) is 0 Å². The highest BCUT2D eigenvalue weighted by molar-refractivity contribution is 9.10. The highest BCUT2D eigenvalue weighted by atomic mass is 79.9. The van der Waals surface area contributed by atoms with E-state index in [4.69, 9.17) is 11.6 Å². The number of halogens is 2. The van der Waals surface area contributed by atoms with Crippen molar-refractivity contribution in [2.24, 2.45) is 0 Å². The molecule has 1 N–H and O–H groups in total. The zero-order valence-electron chi connectivity index (χ0n) is 12.8. The second-order valence-corrected chi connectivity index (χ2v) is 6.73. The minimum absolute atomic E-state index is 0.289. The van der Waals surface area contributed by atoms with Gasteiger partial charge in [-0.3, -0.25) is 0 Å². The van der Waals surface area contributed by atoms with Gasteiger partial charge in [-0.05, 0) is 58.9 Å². The number of hydrogen-bond acceptors (Lipinski definition) is 3.